The van der Waals surface area contributed by atoms with Crippen LogP contribution in [0, 0.1) is 6.92 Å². The smallest absolute Gasteiger partial charge is 0.337 e. The fraction of sp³-hybridized carbons (Fsp3) is 0.0435. The van der Waals surface area contributed by atoms with E-state index >= 15 is 0 Å². The largest absolute Gasteiger partial charge is 0.478 e. The van der Waals surface area contributed by atoms with Crippen LogP contribution in [0.5, 0.6) is 0 Å². The van der Waals surface area contributed by atoms with Gasteiger partial charge in [-0.1, -0.05) is 23.7 Å². The summed E-state index contributed by atoms with van der Waals surface area (Å²) in [6, 6.07) is 13.4. The molecule has 0 atom stereocenters. The first-order chi connectivity index (χ1) is 15.2. The lowest BCUT2D eigenvalue weighted by Crippen LogP contribution is -2.54. The number of barbiturate groups is 1. The standard InChI is InChI=1S/C23H15ClN2O6/c1-12-3-2-4-14(9-12)26-21(28)17(20(27)25-23(26)31)11-15-6-8-19(32-15)13-5-7-18(24)16(10-13)22(29)30/h2-11H,1H3,(H,29,30)(H,25,27,31)/b17-11-. The van der Waals surface area contributed by atoms with E-state index < -0.39 is 23.8 Å². The number of hydrogen-bond acceptors (Lipinski definition) is 5. The van der Waals surface area contributed by atoms with Crippen molar-refractivity contribution in [2.45, 2.75) is 6.92 Å². The van der Waals surface area contributed by atoms with Crippen LogP contribution in [0.15, 0.2) is 64.6 Å². The number of furan rings is 1. The topological polar surface area (TPSA) is 117 Å². The lowest BCUT2D eigenvalue weighted by Gasteiger charge is -2.26. The molecule has 0 spiro atoms. The van der Waals surface area contributed by atoms with Crippen LogP contribution >= 0.6 is 11.6 Å². The van der Waals surface area contributed by atoms with Crippen molar-refractivity contribution in [3.05, 3.63) is 82.1 Å². The number of benzene rings is 2. The first kappa shape index (κ1) is 21.1. The Labute approximate surface area is 186 Å². The highest BCUT2D eigenvalue weighted by Crippen LogP contribution is 2.29. The summed E-state index contributed by atoms with van der Waals surface area (Å²) in [6.07, 6.45) is 1.23. The number of carbonyl (C=O) groups is 4. The zero-order valence-electron chi connectivity index (χ0n) is 16.6. The highest BCUT2D eigenvalue weighted by Gasteiger charge is 2.37. The minimum absolute atomic E-state index is 0.0838. The minimum atomic E-state index is -1.18. The van der Waals surface area contributed by atoms with Crippen LogP contribution in [0.1, 0.15) is 21.7 Å². The van der Waals surface area contributed by atoms with E-state index in [-0.39, 0.29) is 21.9 Å². The van der Waals surface area contributed by atoms with E-state index in [1.807, 2.05) is 13.0 Å². The first-order valence-electron chi connectivity index (χ1n) is 9.36. The van der Waals surface area contributed by atoms with E-state index in [1.54, 1.807) is 30.3 Å². The van der Waals surface area contributed by atoms with Crippen molar-refractivity contribution >= 4 is 47.2 Å². The SMILES string of the molecule is Cc1cccc(N2C(=O)NC(=O)/C(=C/c3ccc(-c4ccc(Cl)c(C(=O)O)c4)o3)C2=O)c1. The summed E-state index contributed by atoms with van der Waals surface area (Å²) in [6.45, 7) is 1.81. The molecule has 3 aromatic rings. The third-order valence-electron chi connectivity index (χ3n) is 4.76. The van der Waals surface area contributed by atoms with Crippen LogP contribution in [0.2, 0.25) is 5.02 Å². The molecule has 1 aliphatic heterocycles. The summed E-state index contributed by atoms with van der Waals surface area (Å²) in [5.74, 6) is -2.34. The second-order valence-electron chi connectivity index (χ2n) is 7.00. The molecular formula is C23H15ClN2O6. The molecule has 2 N–H and O–H groups in total. The van der Waals surface area contributed by atoms with E-state index in [2.05, 4.69) is 5.32 Å². The van der Waals surface area contributed by atoms with Gasteiger partial charge in [0.2, 0.25) is 0 Å². The van der Waals surface area contributed by atoms with Crippen LogP contribution in [0.25, 0.3) is 17.4 Å². The van der Waals surface area contributed by atoms with E-state index in [1.165, 1.54) is 24.3 Å². The number of aryl methyl sites for hydroxylation is 1. The summed E-state index contributed by atoms with van der Waals surface area (Å²) < 4.78 is 5.68. The summed E-state index contributed by atoms with van der Waals surface area (Å²) in [5.41, 5.74) is 1.25. The third kappa shape index (κ3) is 3.91. The molecule has 9 heteroatoms. The van der Waals surface area contributed by atoms with Crippen molar-refractivity contribution in [3.63, 3.8) is 0 Å². The summed E-state index contributed by atoms with van der Waals surface area (Å²) in [7, 11) is 0. The van der Waals surface area contributed by atoms with Crippen LogP contribution in [-0.2, 0) is 9.59 Å². The Morgan fingerprint density at radius 1 is 1.09 bits per heavy atom. The van der Waals surface area contributed by atoms with Crippen molar-refractivity contribution in [2.75, 3.05) is 4.90 Å². The van der Waals surface area contributed by atoms with Crippen LogP contribution < -0.4 is 10.2 Å². The van der Waals surface area contributed by atoms with Gasteiger partial charge >= 0.3 is 12.0 Å². The minimum Gasteiger partial charge on any atom is -0.478 e. The zero-order valence-corrected chi connectivity index (χ0v) is 17.3. The molecule has 1 aliphatic rings. The lowest BCUT2D eigenvalue weighted by atomic mass is 10.1. The van der Waals surface area contributed by atoms with Crippen molar-refractivity contribution < 1.29 is 28.7 Å². The Bertz CT molecular complexity index is 1320. The van der Waals surface area contributed by atoms with Crippen molar-refractivity contribution in [1.29, 1.82) is 0 Å². The van der Waals surface area contributed by atoms with Gasteiger partial charge in [-0.25, -0.2) is 14.5 Å². The van der Waals surface area contributed by atoms with Crippen LogP contribution in [0.3, 0.4) is 0 Å². The van der Waals surface area contributed by atoms with Crippen LogP contribution in [0.4, 0.5) is 10.5 Å². The molecule has 2 aromatic carbocycles. The number of carboxylic acid groups (broad SMARTS) is 1. The molecule has 0 radical (unpaired) electrons. The number of rotatable bonds is 4. The number of nitrogens with zero attached hydrogens (tertiary/aromatic N) is 1. The Balaban J connectivity index is 1.68. The number of urea groups is 1. The van der Waals surface area contributed by atoms with Gasteiger partial charge in [0.25, 0.3) is 11.8 Å². The molecule has 0 aliphatic carbocycles. The molecular weight excluding hydrogens is 436 g/mol. The van der Waals surface area contributed by atoms with Gasteiger partial charge in [-0.3, -0.25) is 14.9 Å². The highest BCUT2D eigenvalue weighted by atomic mass is 35.5. The zero-order chi connectivity index (χ0) is 23.0. The number of halogens is 1. The van der Waals surface area contributed by atoms with Gasteiger partial charge in [0.15, 0.2) is 0 Å². The number of anilines is 1. The summed E-state index contributed by atoms with van der Waals surface area (Å²) in [4.78, 5) is 49.8. The molecule has 32 heavy (non-hydrogen) atoms. The number of carbonyl (C=O) groups excluding carboxylic acids is 3. The lowest BCUT2D eigenvalue weighted by molar-refractivity contribution is -0.122. The van der Waals surface area contributed by atoms with Gasteiger partial charge in [-0.05, 0) is 61.0 Å². The predicted octanol–water partition coefficient (Wildman–Crippen LogP) is 4.27. The average molecular weight is 451 g/mol. The maximum atomic E-state index is 13.0. The number of imide groups is 2. The predicted molar refractivity (Wildman–Crippen MR) is 116 cm³/mol. The maximum Gasteiger partial charge on any atom is 0.337 e. The number of hydrogen-bond donors (Lipinski definition) is 2. The second-order valence-corrected chi connectivity index (χ2v) is 7.41. The van der Waals surface area contributed by atoms with Gasteiger partial charge in [0, 0.05) is 5.56 Å². The summed E-state index contributed by atoms with van der Waals surface area (Å²) in [5, 5.41) is 11.5. The molecule has 160 valence electrons. The van der Waals surface area contributed by atoms with E-state index in [9.17, 15) is 24.3 Å². The van der Waals surface area contributed by atoms with Crippen molar-refractivity contribution in [3.8, 4) is 11.3 Å². The van der Waals surface area contributed by atoms with E-state index in [0.29, 0.717) is 17.0 Å². The van der Waals surface area contributed by atoms with Crippen molar-refractivity contribution in [2.24, 2.45) is 0 Å². The quantitative estimate of drug-likeness (QED) is 0.452. The Morgan fingerprint density at radius 3 is 2.59 bits per heavy atom. The third-order valence-corrected chi connectivity index (χ3v) is 5.09. The normalized spacial score (nSPS) is 15.2. The fourth-order valence-electron chi connectivity index (χ4n) is 3.23. The van der Waals surface area contributed by atoms with E-state index in [0.717, 1.165) is 10.5 Å². The number of carboxylic acids is 1. The van der Waals surface area contributed by atoms with Gasteiger partial charge < -0.3 is 9.52 Å². The van der Waals surface area contributed by atoms with Crippen molar-refractivity contribution in [1.82, 2.24) is 5.32 Å². The molecule has 4 amide bonds. The molecule has 1 aromatic heterocycles. The summed E-state index contributed by atoms with van der Waals surface area (Å²) >= 11 is 5.90. The van der Waals surface area contributed by atoms with Gasteiger partial charge in [0.1, 0.15) is 17.1 Å². The molecule has 8 nitrogen and oxygen atoms in total. The first-order valence-corrected chi connectivity index (χ1v) is 9.73. The Morgan fingerprint density at radius 2 is 1.88 bits per heavy atom. The van der Waals surface area contributed by atoms with Gasteiger partial charge in [0.05, 0.1) is 16.3 Å². The fourth-order valence-corrected chi connectivity index (χ4v) is 3.43. The number of amides is 4. The second kappa shape index (κ2) is 8.16. The molecule has 0 unspecified atom stereocenters. The van der Waals surface area contributed by atoms with Crippen LogP contribution in [-0.4, -0.2) is 28.9 Å². The number of aromatic carboxylic acids is 1. The van der Waals surface area contributed by atoms with Gasteiger partial charge in [-0.15, -0.1) is 0 Å². The van der Waals surface area contributed by atoms with Gasteiger partial charge in [-0.2, -0.15) is 0 Å². The highest BCUT2D eigenvalue weighted by molar-refractivity contribution is 6.39. The maximum absolute atomic E-state index is 13.0. The molecule has 0 bridgehead atoms. The number of nitrogens with one attached hydrogen (secondary N) is 1. The average Bonchev–Trinajstić information content (AvgIpc) is 3.20. The molecule has 0 saturated carbocycles. The monoisotopic (exact) mass is 450 g/mol. The molecule has 4 rings (SSSR count). The Hall–Kier alpha value is -4.17. The Kier molecular flexibility index (Phi) is 5.38. The molecule has 1 saturated heterocycles. The van der Waals surface area contributed by atoms with E-state index in [4.69, 9.17) is 16.0 Å². The molecule has 2 heterocycles. The molecule has 1 fully saturated rings.